The van der Waals surface area contributed by atoms with Gasteiger partial charge in [0.15, 0.2) is 4.90 Å². The first-order valence-corrected chi connectivity index (χ1v) is 15.0. The second-order valence-corrected chi connectivity index (χ2v) is 12.2. The smallest absolute Gasteiger partial charge is 0.326 e. The molecule has 1 aliphatic heterocycles. The average molecular weight is 614 g/mol. The molecule has 0 aliphatic carbocycles. The lowest BCUT2D eigenvalue weighted by Gasteiger charge is -2.30. The van der Waals surface area contributed by atoms with Gasteiger partial charge in [-0.15, -0.1) is 0 Å². The van der Waals surface area contributed by atoms with Crippen LogP contribution in [0.15, 0.2) is 70.2 Å². The van der Waals surface area contributed by atoms with Crippen LogP contribution in [0.3, 0.4) is 0 Å². The second-order valence-electron chi connectivity index (χ2n) is 9.68. The zero-order valence-corrected chi connectivity index (χ0v) is 24.3. The van der Waals surface area contributed by atoms with Crippen LogP contribution in [0, 0.1) is 0 Å². The molecular weight excluding hydrogens is 587 g/mol. The van der Waals surface area contributed by atoms with Gasteiger partial charge in [-0.25, -0.2) is 4.79 Å². The molecule has 41 heavy (non-hydrogen) atoms. The predicted molar refractivity (Wildman–Crippen MR) is 157 cm³/mol. The molecule has 0 saturated heterocycles. The van der Waals surface area contributed by atoms with Gasteiger partial charge in [0.25, 0.3) is 11.8 Å². The molecule has 2 amide bonds. The van der Waals surface area contributed by atoms with Gasteiger partial charge in [0, 0.05) is 30.5 Å². The van der Waals surface area contributed by atoms with E-state index in [0.717, 1.165) is 5.39 Å². The maximum atomic E-state index is 13.3. The van der Waals surface area contributed by atoms with Crippen molar-refractivity contribution in [3.63, 3.8) is 0 Å². The van der Waals surface area contributed by atoms with Crippen LogP contribution in [-0.4, -0.2) is 50.7 Å². The van der Waals surface area contributed by atoms with E-state index in [1.165, 1.54) is 0 Å². The predicted octanol–water partition coefficient (Wildman–Crippen LogP) is 5.49. The summed E-state index contributed by atoms with van der Waals surface area (Å²) in [5, 5.41) is 13.5. The molecule has 0 radical (unpaired) electrons. The zero-order chi connectivity index (χ0) is 29.3. The number of amides is 2. The standard InChI is InChI=1S/C30H26Cl2N2O6S/c1-2-41(39)21-5-3-4-17(12-21)13-24(30(37)38)33-28(35)26-23(31)14-20-16-34(10-8-22(20)27(26)32)29(36)19-7-6-18-9-11-40-25(18)15-19/h3-7,9,11-12,14-15,24H,2,8,10,13,16H2,1H3,(H,33,35)(H,37,38). The van der Waals surface area contributed by atoms with Gasteiger partial charge < -0.3 is 24.3 Å². The molecule has 2 heterocycles. The number of rotatable bonds is 8. The number of carboxylic acid groups (broad SMARTS) is 1. The number of aliphatic carboxylic acids is 1. The minimum absolute atomic E-state index is 0.0118. The summed E-state index contributed by atoms with van der Waals surface area (Å²) in [4.78, 5) is 40.8. The Bertz CT molecular complexity index is 1660. The number of nitrogens with one attached hydrogen (secondary N) is 1. The third-order valence-electron chi connectivity index (χ3n) is 7.09. The summed E-state index contributed by atoms with van der Waals surface area (Å²) in [6.07, 6.45) is 1.95. The highest BCUT2D eigenvalue weighted by Crippen LogP contribution is 2.35. The fourth-order valence-corrected chi connectivity index (χ4v) is 6.56. The molecule has 1 aromatic heterocycles. The maximum absolute atomic E-state index is 13.3. The van der Waals surface area contributed by atoms with Crippen molar-refractivity contribution < 1.29 is 28.5 Å². The van der Waals surface area contributed by atoms with Gasteiger partial charge in [0.1, 0.15) is 17.4 Å². The summed E-state index contributed by atoms with van der Waals surface area (Å²) < 4.78 is 17.6. The highest BCUT2D eigenvalue weighted by atomic mass is 35.5. The number of furan rings is 1. The van der Waals surface area contributed by atoms with Crippen LogP contribution in [0.5, 0.6) is 0 Å². The molecule has 1 aliphatic rings. The van der Waals surface area contributed by atoms with Crippen LogP contribution in [0.1, 0.15) is 44.3 Å². The van der Waals surface area contributed by atoms with Gasteiger partial charge in [-0.1, -0.05) is 41.4 Å². The van der Waals surface area contributed by atoms with Crippen molar-refractivity contribution in [3.8, 4) is 0 Å². The van der Waals surface area contributed by atoms with Crippen molar-refractivity contribution in [3.05, 3.63) is 98.7 Å². The summed E-state index contributed by atoms with van der Waals surface area (Å²) >= 11 is 12.0. The Morgan fingerprint density at radius 3 is 2.71 bits per heavy atom. The van der Waals surface area contributed by atoms with Crippen LogP contribution in [-0.2, 0) is 35.4 Å². The van der Waals surface area contributed by atoms with Crippen molar-refractivity contribution in [2.75, 3.05) is 12.3 Å². The van der Waals surface area contributed by atoms with Crippen molar-refractivity contribution in [1.29, 1.82) is 0 Å². The molecule has 11 heteroatoms. The van der Waals surface area contributed by atoms with Crippen LogP contribution in [0.25, 0.3) is 11.0 Å². The molecule has 5 rings (SSSR count). The van der Waals surface area contributed by atoms with E-state index >= 15 is 0 Å². The van der Waals surface area contributed by atoms with Crippen molar-refractivity contribution >= 4 is 63.1 Å². The quantitative estimate of drug-likeness (QED) is 0.254. The number of hydrogen-bond acceptors (Lipinski definition) is 5. The van der Waals surface area contributed by atoms with Crippen molar-refractivity contribution in [1.82, 2.24) is 10.2 Å². The van der Waals surface area contributed by atoms with Gasteiger partial charge in [0.05, 0.1) is 21.9 Å². The summed E-state index contributed by atoms with van der Waals surface area (Å²) in [5.74, 6) is -1.68. The van der Waals surface area contributed by atoms with Gasteiger partial charge >= 0.3 is 5.97 Å². The topological polar surface area (TPSA) is 123 Å². The molecule has 0 spiro atoms. The van der Waals surface area contributed by atoms with Crippen LogP contribution in [0.2, 0.25) is 10.0 Å². The SMILES string of the molecule is CC[S+]([O-])c1cccc(CC(NC(=O)c2c(Cl)cc3c(c2Cl)CCN(C(=O)c2ccc4ccoc4c2)C3)C(=O)O)c1. The molecular formula is C30H26Cl2N2O6S. The Kier molecular flexibility index (Phi) is 8.60. The number of carbonyl (C=O) groups excluding carboxylic acids is 2. The Morgan fingerprint density at radius 1 is 1.15 bits per heavy atom. The van der Waals surface area contributed by atoms with Gasteiger partial charge in [-0.2, -0.15) is 0 Å². The minimum Gasteiger partial charge on any atom is -0.611 e. The van der Waals surface area contributed by atoms with E-state index in [9.17, 15) is 24.0 Å². The normalized spacial score (nSPS) is 14.4. The maximum Gasteiger partial charge on any atom is 0.326 e. The molecule has 3 aromatic carbocycles. The first-order chi connectivity index (χ1) is 19.7. The molecule has 8 nitrogen and oxygen atoms in total. The first kappa shape index (κ1) is 29.0. The molecule has 2 N–H and O–H groups in total. The first-order valence-electron chi connectivity index (χ1n) is 12.9. The largest absolute Gasteiger partial charge is 0.611 e. The van der Waals surface area contributed by atoms with E-state index < -0.39 is 29.1 Å². The van der Waals surface area contributed by atoms with E-state index in [1.807, 2.05) is 12.1 Å². The molecule has 2 unspecified atom stereocenters. The van der Waals surface area contributed by atoms with E-state index in [1.54, 1.807) is 60.6 Å². The Balaban J connectivity index is 1.33. The number of nitrogens with zero attached hydrogens (tertiary/aromatic N) is 1. The molecule has 212 valence electrons. The summed E-state index contributed by atoms with van der Waals surface area (Å²) in [5.41, 5.74) is 3.13. The number of halogens is 2. The van der Waals surface area contributed by atoms with Crippen LogP contribution >= 0.6 is 23.2 Å². The van der Waals surface area contributed by atoms with Gasteiger partial charge in [-0.3, -0.25) is 9.59 Å². The highest BCUT2D eigenvalue weighted by Gasteiger charge is 2.30. The van der Waals surface area contributed by atoms with Gasteiger partial charge in [-0.05, 0) is 77.6 Å². The fourth-order valence-electron chi connectivity index (χ4n) is 4.95. The molecule has 2 atom stereocenters. The summed E-state index contributed by atoms with van der Waals surface area (Å²) in [7, 11) is 0. The van der Waals surface area contributed by atoms with E-state index in [-0.39, 0.29) is 34.5 Å². The summed E-state index contributed by atoms with van der Waals surface area (Å²) in [6.45, 7) is 2.42. The molecule has 4 aromatic rings. The van der Waals surface area contributed by atoms with E-state index in [0.29, 0.717) is 51.5 Å². The third kappa shape index (κ3) is 6.08. The number of carboxylic acids is 1. The minimum atomic E-state index is -1.27. The lowest BCUT2D eigenvalue weighted by molar-refractivity contribution is -0.139. The summed E-state index contributed by atoms with van der Waals surface area (Å²) in [6, 6.07) is 14.3. The average Bonchev–Trinajstić information content (AvgIpc) is 3.44. The highest BCUT2D eigenvalue weighted by molar-refractivity contribution is 7.91. The van der Waals surface area contributed by atoms with Crippen LogP contribution < -0.4 is 5.32 Å². The van der Waals surface area contributed by atoms with Crippen LogP contribution in [0.4, 0.5) is 0 Å². The third-order valence-corrected chi connectivity index (χ3v) is 9.11. The van der Waals surface area contributed by atoms with E-state index in [4.69, 9.17) is 27.6 Å². The van der Waals surface area contributed by atoms with Crippen molar-refractivity contribution in [2.24, 2.45) is 0 Å². The number of carbonyl (C=O) groups is 3. The Morgan fingerprint density at radius 2 is 1.95 bits per heavy atom. The lowest BCUT2D eigenvalue weighted by atomic mass is 9.95. The number of benzene rings is 3. The zero-order valence-electron chi connectivity index (χ0n) is 22.0. The van der Waals surface area contributed by atoms with Crippen molar-refractivity contribution in [2.45, 2.75) is 37.2 Å². The monoisotopic (exact) mass is 612 g/mol. The number of hydrogen-bond donors (Lipinski definition) is 2. The Hall–Kier alpha value is -3.50. The number of fused-ring (bicyclic) bond motifs is 2. The molecule has 0 fully saturated rings. The Labute approximate surface area is 249 Å². The lowest BCUT2D eigenvalue weighted by Crippen LogP contribution is -2.42. The van der Waals surface area contributed by atoms with E-state index in [2.05, 4.69) is 5.32 Å². The fraction of sp³-hybridized carbons (Fsp3) is 0.233. The van der Waals surface area contributed by atoms with Gasteiger partial charge in [0.2, 0.25) is 0 Å². The molecule has 0 bridgehead atoms. The second kappa shape index (κ2) is 12.2. The molecule has 0 saturated carbocycles.